The zero-order valence-electron chi connectivity index (χ0n) is 23.9. The lowest BCUT2D eigenvalue weighted by atomic mass is 9.96. The first-order valence-corrected chi connectivity index (χ1v) is 14.5. The van der Waals surface area contributed by atoms with E-state index >= 15 is 0 Å². The summed E-state index contributed by atoms with van der Waals surface area (Å²) in [6, 6.07) is 12.4. The summed E-state index contributed by atoms with van der Waals surface area (Å²) in [6.45, 7) is 9.87. The smallest absolute Gasteiger partial charge is 0.247 e. The number of aliphatic hydroxyl groups is 1. The van der Waals surface area contributed by atoms with Crippen LogP contribution in [0.1, 0.15) is 58.9 Å². The minimum absolute atomic E-state index is 0.0288. The van der Waals surface area contributed by atoms with Gasteiger partial charge in [-0.25, -0.2) is 0 Å². The van der Waals surface area contributed by atoms with E-state index in [4.69, 9.17) is 0 Å². The molecule has 214 valence electrons. The molecule has 3 atom stereocenters. The summed E-state index contributed by atoms with van der Waals surface area (Å²) in [5.74, 6) is -0.994. The van der Waals surface area contributed by atoms with Crippen LogP contribution in [0.5, 0.6) is 0 Å². The lowest BCUT2D eigenvalue weighted by molar-refractivity contribution is -0.155. The topological polar surface area (TPSA) is 111 Å². The van der Waals surface area contributed by atoms with Crippen molar-refractivity contribution in [2.45, 2.75) is 78.0 Å². The van der Waals surface area contributed by atoms with Gasteiger partial charge in [0.1, 0.15) is 6.04 Å². The van der Waals surface area contributed by atoms with Crippen molar-refractivity contribution in [1.29, 1.82) is 0 Å². The van der Waals surface area contributed by atoms with Gasteiger partial charge < -0.3 is 21.1 Å². The van der Waals surface area contributed by atoms with Gasteiger partial charge >= 0.3 is 0 Å². The normalized spacial score (nSPS) is 16.9. The zero-order chi connectivity index (χ0) is 28.4. The first-order valence-electron chi connectivity index (χ1n) is 14.5. The molecular formula is C31H46N4O4. The highest BCUT2D eigenvalue weighted by atomic mass is 16.3. The lowest BCUT2D eigenvalue weighted by Gasteiger charge is -2.34. The van der Waals surface area contributed by atoms with Gasteiger partial charge in [0, 0.05) is 25.4 Å². The third kappa shape index (κ3) is 8.59. The second-order valence-electron chi connectivity index (χ2n) is 11.1. The molecule has 0 radical (unpaired) electrons. The molecular weight excluding hydrogens is 492 g/mol. The first kappa shape index (κ1) is 30.7. The maximum Gasteiger partial charge on any atom is 0.247 e. The summed E-state index contributed by atoms with van der Waals surface area (Å²) in [5.41, 5.74) is 0.863. The largest absolute Gasteiger partial charge is 0.390 e. The number of nitrogens with zero attached hydrogens (tertiary/aromatic N) is 1. The van der Waals surface area contributed by atoms with Gasteiger partial charge in [0.05, 0.1) is 12.1 Å². The number of hydrogen-bond donors (Lipinski definition) is 4. The Labute approximate surface area is 232 Å². The number of imide groups is 1. The van der Waals surface area contributed by atoms with Crippen molar-refractivity contribution in [2.75, 3.05) is 26.2 Å². The number of amides is 3. The van der Waals surface area contributed by atoms with Crippen LogP contribution >= 0.6 is 0 Å². The summed E-state index contributed by atoms with van der Waals surface area (Å²) >= 11 is 0. The van der Waals surface area contributed by atoms with Gasteiger partial charge in [0.15, 0.2) is 0 Å². The van der Waals surface area contributed by atoms with E-state index in [0.717, 1.165) is 29.3 Å². The molecule has 2 aromatic carbocycles. The molecule has 0 aromatic heterocycles. The highest BCUT2D eigenvalue weighted by Crippen LogP contribution is 2.23. The molecule has 1 saturated heterocycles. The van der Waals surface area contributed by atoms with E-state index in [1.54, 1.807) is 0 Å². The molecule has 0 saturated carbocycles. The second-order valence-corrected chi connectivity index (χ2v) is 11.1. The third-order valence-corrected chi connectivity index (χ3v) is 7.47. The van der Waals surface area contributed by atoms with Crippen LogP contribution in [0.25, 0.3) is 10.8 Å². The number of carbonyl (C=O) groups is 3. The van der Waals surface area contributed by atoms with Crippen LogP contribution in [-0.2, 0) is 20.8 Å². The van der Waals surface area contributed by atoms with E-state index in [0.29, 0.717) is 38.3 Å². The number of carbonyl (C=O) groups excluding carboxylic acids is 3. The molecule has 39 heavy (non-hydrogen) atoms. The Kier molecular flexibility index (Phi) is 11.9. The molecule has 0 bridgehead atoms. The molecule has 1 aliphatic heterocycles. The zero-order valence-corrected chi connectivity index (χ0v) is 23.9. The van der Waals surface area contributed by atoms with Crippen molar-refractivity contribution < 1.29 is 19.5 Å². The van der Waals surface area contributed by atoms with Gasteiger partial charge in [-0.05, 0) is 61.0 Å². The predicted octanol–water partition coefficient (Wildman–Crippen LogP) is 3.02. The molecule has 1 unspecified atom stereocenters. The molecule has 8 nitrogen and oxygen atoms in total. The summed E-state index contributed by atoms with van der Waals surface area (Å²) in [6.07, 6.45) is 2.06. The highest BCUT2D eigenvalue weighted by molar-refractivity contribution is 6.03. The molecule has 8 heteroatoms. The Hall–Kier alpha value is -2.81. The van der Waals surface area contributed by atoms with Crippen LogP contribution in [0.4, 0.5) is 0 Å². The van der Waals surface area contributed by atoms with Gasteiger partial charge in [-0.1, -0.05) is 70.2 Å². The van der Waals surface area contributed by atoms with E-state index in [9.17, 15) is 19.5 Å². The van der Waals surface area contributed by atoms with Gasteiger partial charge in [0.2, 0.25) is 17.7 Å². The van der Waals surface area contributed by atoms with Crippen LogP contribution in [-0.4, -0.2) is 72.1 Å². The van der Waals surface area contributed by atoms with Gasteiger partial charge in [0.25, 0.3) is 0 Å². The third-order valence-electron chi connectivity index (χ3n) is 7.47. The fourth-order valence-corrected chi connectivity index (χ4v) is 5.15. The molecule has 1 aliphatic rings. The molecule has 0 spiro atoms. The minimum atomic E-state index is -1.02. The van der Waals surface area contributed by atoms with Gasteiger partial charge in [-0.15, -0.1) is 0 Å². The standard InChI is InChI=1S/C31H46N4O4/c1-5-23(6-2)30(38)35(31(39)27-12-9-15-33-27)28(29(37)34-20-26(36)19-32-18-21(3)4)17-22-13-14-24-10-7-8-11-25(24)16-22/h7-8,10-11,13-14,16,21,23,26-28,32-33,36H,5-6,9,12,15,17-20H2,1-4H3,(H,34,37)/t26?,27-,28+/m0/s1. The summed E-state index contributed by atoms with van der Waals surface area (Å²) in [4.78, 5) is 42.6. The van der Waals surface area contributed by atoms with E-state index in [1.165, 1.54) is 4.90 Å². The number of rotatable bonds is 14. The maximum atomic E-state index is 13.8. The Morgan fingerprint density at radius 3 is 2.38 bits per heavy atom. The Bertz CT molecular complexity index is 1080. The maximum absolute atomic E-state index is 13.8. The Morgan fingerprint density at radius 2 is 1.74 bits per heavy atom. The molecule has 1 heterocycles. The van der Waals surface area contributed by atoms with E-state index in [2.05, 4.69) is 29.8 Å². The molecule has 0 aliphatic carbocycles. The Balaban J connectivity index is 1.91. The van der Waals surface area contributed by atoms with Crippen molar-refractivity contribution in [1.82, 2.24) is 20.9 Å². The van der Waals surface area contributed by atoms with Crippen LogP contribution in [0, 0.1) is 11.8 Å². The molecule has 2 aromatic rings. The molecule has 3 amide bonds. The van der Waals surface area contributed by atoms with Crippen molar-refractivity contribution in [3.63, 3.8) is 0 Å². The second kappa shape index (κ2) is 15.1. The number of aliphatic hydroxyl groups excluding tert-OH is 1. The van der Waals surface area contributed by atoms with Crippen LogP contribution < -0.4 is 16.0 Å². The molecule has 3 rings (SSSR count). The van der Waals surface area contributed by atoms with Gasteiger partial charge in [-0.2, -0.15) is 0 Å². The first-order chi connectivity index (χ1) is 18.7. The fourth-order valence-electron chi connectivity index (χ4n) is 5.15. The fraction of sp³-hybridized carbons (Fsp3) is 0.581. The molecule has 4 N–H and O–H groups in total. The average Bonchev–Trinajstić information content (AvgIpc) is 3.47. The number of nitrogens with one attached hydrogen (secondary N) is 3. The number of benzene rings is 2. The minimum Gasteiger partial charge on any atom is -0.390 e. The monoisotopic (exact) mass is 538 g/mol. The molecule has 1 fully saturated rings. The Morgan fingerprint density at radius 1 is 1.03 bits per heavy atom. The number of fused-ring (bicyclic) bond motifs is 1. The number of hydrogen-bond acceptors (Lipinski definition) is 6. The highest BCUT2D eigenvalue weighted by Gasteiger charge is 2.40. The van der Waals surface area contributed by atoms with Crippen molar-refractivity contribution in [2.24, 2.45) is 11.8 Å². The van der Waals surface area contributed by atoms with Crippen molar-refractivity contribution in [3.8, 4) is 0 Å². The van der Waals surface area contributed by atoms with E-state index in [-0.39, 0.29) is 30.7 Å². The van der Waals surface area contributed by atoms with Crippen LogP contribution in [0.2, 0.25) is 0 Å². The van der Waals surface area contributed by atoms with E-state index in [1.807, 2.05) is 56.3 Å². The predicted molar refractivity (Wildman–Crippen MR) is 155 cm³/mol. The summed E-state index contributed by atoms with van der Waals surface area (Å²) < 4.78 is 0. The van der Waals surface area contributed by atoms with Crippen LogP contribution in [0.15, 0.2) is 42.5 Å². The van der Waals surface area contributed by atoms with Crippen molar-refractivity contribution >= 4 is 28.5 Å². The summed E-state index contributed by atoms with van der Waals surface area (Å²) in [5, 5.41) is 21.8. The quantitative estimate of drug-likeness (QED) is 0.294. The summed E-state index contributed by atoms with van der Waals surface area (Å²) in [7, 11) is 0. The lowest BCUT2D eigenvalue weighted by Crippen LogP contribution is -2.59. The van der Waals surface area contributed by atoms with Gasteiger partial charge in [-0.3, -0.25) is 19.3 Å². The van der Waals surface area contributed by atoms with Crippen molar-refractivity contribution in [3.05, 3.63) is 48.0 Å². The SMILES string of the molecule is CCC(CC)C(=O)N(C(=O)[C@@H]1CCCN1)[C@H](Cc1ccc2ccccc2c1)C(=O)NCC(O)CNCC(C)C. The van der Waals surface area contributed by atoms with E-state index < -0.39 is 24.1 Å². The average molecular weight is 539 g/mol. The van der Waals surface area contributed by atoms with Crippen LogP contribution in [0.3, 0.4) is 0 Å².